The zero-order valence-corrected chi connectivity index (χ0v) is 33.8. The number of allylic oxidation sites excluding steroid dienone is 4. The molecule has 0 aliphatic carbocycles. The summed E-state index contributed by atoms with van der Waals surface area (Å²) in [5.41, 5.74) is 0. The lowest BCUT2D eigenvalue weighted by Crippen LogP contribution is -2.37. The lowest BCUT2D eigenvalue weighted by molar-refractivity contribution is -0.870. The molecule has 0 saturated heterocycles. The predicted molar refractivity (Wildman–Crippen MR) is 206 cm³/mol. The first-order chi connectivity index (χ1) is 24.0. The van der Waals surface area contributed by atoms with E-state index in [4.69, 9.17) is 18.5 Å². The van der Waals surface area contributed by atoms with E-state index in [9.17, 15) is 19.0 Å². The van der Waals surface area contributed by atoms with Gasteiger partial charge in [-0.05, 0) is 64.2 Å². The Hall–Kier alpha value is -1.51. The van der Waals surface area contributed by atoms with Crippen LogP contribution in [-0.4, -0.2) is 74.9 Å². The van der Waals surface area contributed by atoms with Crippen molar-refractivity contribution in [3.05, 3.63) is 24.3 Å². The number of quaternary nitrogens is 1. The second-order valence-corrected chi connectivity index (χ2v) is 16.1. The van der Waals surface area contributed by atoms with Gasteiger partial charge in [0.05, 0.1) is 27.7 Å². The summed E-state index contributed by atoms with van der Waals surface area (Å²) in [5, 5.41) is 0. The number of carbonyl (C=O) groups is 2. The van der Waals surface area contributed by atoms with Crippen LogP contribution in [0.5, 0.6) is 0 Å². The SMILES string of the molecule is CCCCCC/C=C/CCCCCCCC(=O)OC[C@H](COP(=O)(O)OCC[N+](C)(C)C)OC(=O)CCCCC/C=C/CCCCCCCC. The first-order valence-corrected chi connectivity index (χ1v) is 21.6. The van der Waals surface area contributed by atoms with Gasteiger partial charge in [0.2, 0.25) is 0 Å². The van der Waals surface area contributed by atoms with Crippen molar-refractivity contribution in [3.63, 3.8) is 0 Å². The minimum Gasteiger partial charge on any atom is -0.462 e. The zero-order chi connectivity index (χ0) is 37.2. The molecule has 0 aromatic carbocycles. The number of nitrogens with zero attached hydrogens (tertiary/aromatic N) is 1. The molecule has 1 N–H and O–H groups in total. The third-order valence-electron chi connectivity index (χ3n) is 8.45. The number of esters is 2. The van der Waals surface area contributed by atoms with Gasteiger partial charge in [0, 0.05) is 12.8 Å². The summed E-state index contributed by atoms with van der Waals surface area (Å²) in [6.45, 7) is 4.36. The molecule has 0 aliphatic heterocycles. The molecule has 2 atom stereocenters. The van der Waals surface area contributed by atoms with E-state index in [0.717, 1.165) is 64.2 Å². The number of rotatable bonds is 36. The van der Waals surface area contributed by atoms with Crippen LogP contribution in [0.25, 0.3) is 0 Å². The Balaban J connectivity index is 4.45. The molecule has 0 rings (SSSR count). The Labute approximate surface area is 307 Å². The topological polar surface area (TPSA) is 108 Å². The summed E-state index contributed by atoms with van der Waals surface area (Å²) < 4.78 is 34.2. The van der Waals surface area contributed by atoms with Gasteiger partial charge in [-0.25, -0.2) is 4.57 Å². The summed E-state index contributed by atoms with van der Waals surface area (Å²) in [4.78, 5) is 35.2. The van der Waals surface area contributed by atoms with Crippen LogP contribution in [0.2, 0.25) is 0 Å². The van der Waals surface area contributed by atoms with Crippen molar-refractivity contribution >= 4 is 19.8 Å². The van der Waals surface area contributed by atoms with Gasteiger partial charge in [-0.15, -0.1) is 0 Å². The number of likely N-dealkylation sites (N-methyl/N-ethyl adjacent to an activating group) is 1. The van der Waals surface area contributed by atoms with E-state index in [1.165, 1.54) is 70.6 Å². The molecule has 1 unspecified atom stereocenters. The van der Waals surface area contributed by atoms with Crippen LogP contribution >= 0.6 is 7.82 Å². The molecule has 0 heterocycles. The van der Waals surface area contributed by atoms with Gasteiger partial charge >= 0.3 is 19.8 Å². The fourth-order valence-electron chi connectivity index (χ4n) is 5.24. The Morgan fingerprint density at radius 3 is 1.52 bits per heavy atom. The molecule has 10 heteroatoms. The smallest absolute Gasteiger partial charge is 0.462 e. The number of phosphoric ester groups is 1. The molecule has 0 spiro atoms. The molecule has 0 aromatic heterocycles. The molecule has 0 aliphatic rings. The standard InChI is InChI=1S/C40H76NO8P/c1-6-8-10-12-14-16-18-20-22-24-26-28-30-32-39(42)46-36-38(37-48-50(44,45)47-35-34-41(3,4)5)49-40(43)33-31-29-27-25-23-21-19-17-15-13-11-9-7-2/h16,18,21,23,38H,6-15,17,19-20,22,24-37H2,1-5H3/p+1/b18-16+,23-21+/t38-/m1/s1. The Morgan fingerprint density at radius 2 is 1.02 bits per heavy atom. The summed E-state index contributed by atoms with van der Waals surface area (Å²) in [6.07, 6.45) is 33.6. The molecule has 0 bridgehead atoms. The van der Waals surface area contributed by atoms with Crippen LogP contribution in [0, 0.1) is 0 Å². The highest BCUT2D eigenvalue weighted by atomic mass is 31.2. The molecule has 0 radical (unpaired) electrons. The highest BCUT2D eigenvalue weighted by Crippen LogP contribution is 2.43. The van der Waals surface area contributed by atoms with Crippen molar-refractivity contribution in [2.75, 3.05) is 47.5 Å². The Morgan fingerprint density at radius 1 is 0.600 bits per heavy atom. The summed E-state index contributed by atoms with van der Waals surface area (Å²) >= 11 is 0. The number of unbranched alkanes of at least 4 members (excludes halogenated alkanes) is 18. The van der Waals surface area contributed by atoms with Gasteiger partial charge in [0.1, 0.15) is 19.8 Å². The van der Waals surface area contributed by atoms with E-state index in [-0.39, 0.29) is 32.0 Å². The minimum atomic E-state index is -4.37. The second kappa shape index (κ2) is 33.3. The fourth-order valence-corrected chi connectivity index (χ4v) is 5.98. The monoisotopic (exact) mass is 731 g/mol. The molecule has 294 valence electrons. The quantitative estimate of drug-likeness (QED) is 0.0223. The highest BCUT2D eigenvalue weighted by molar-refractivity contribution is 7.47. The third-order valence-corrected chi connectivity index (χ3v) is 9.44. The van der Waals surface area contributed by atoms with Crippen LogP contribution < -0.4 is 0 Å². The highest BCUT2D eigenvalue weighted by Gasteiger charge is 2.27. The van der Waals surface area contributed by atoms with Gasteiger partial charge in [-0.1, -0.05) is 115 Å². The van der Waals surface area contributed by atoms with Crippen LogP contribution in [0.3, 0.4) is 0 Å². The molecular weight excluding hydrogens is 653 g/mol. The number of phosphoric acid groups is 1. The molecule has 50 heavy (non-hydrogen) atoms. The summed E-state index contributed by atoms with van der Waals surface area (Å²) in [5.74, 6) is -0.827. The molecular formula is C40H77NO8P+. The van der Waals surface area contributed by atoms with Gasteiger partial charge in [-0.2, -0.15) is 0 Å². The molecule has 0 aromatic rings. The second-order valence-electron chi connectivity index (χ2n) is 14.7. The van der Waals surface area contributed by atoms with E-state index in [0.29, 0.717) is 17.4 Å². The van der Waals surface area contributed by atoms with Gasteiger partial charge in [-0.3, -0.25) is 18.6 Å². The largest absolute Gasteiger partial charge is 0.472 e. The number of hydrogen-bond donors (Lipinski definition) is 1. The van der Waals surface area contributed by atoms with Crippen LogP contribution in [0.4, 0.5) is 0 Å². The normalized spacial score (nSPS) is 14.0. The number of carbonyl (C=O) groups excluding carboxylic acids is 2. The van der Waals surface area contributed by atoms with Crippen molar-refractivity contribution in [2.45, 2.75) is 174 Å². The molecule has 0 fully saturated rings. The lowest BCUT2D eigenvalue weighted by atomic mass is 10.1. The van der Waals surface area contributed by atoms with Crippen LogP contribution in [0.15, 0.2) is 24.3 Å². The maximum absolute atomic E-state index is 12.6. The maximum atomic E-state index is 12.6. The van der Waals surface area contributed by atoms with Crippen molar-refractivity contribution in [3.8, 4) is 0 Å². The van der Waals surface area contributed by atoms with Crippen LogP contribution in [0.1, 0.15) is 168 Å². The zero-order valence-electron chi connectivity index (χ0n) is 32.9. The van der Waals surface area contributed by atoms with Crippen LogP contribution in [-0.2, 0) is 32.7 Å². The van der Waals surface area contributed by atoms with Gasteiger partial charge in [0.25, 0.3) is 0 Å². The molecule has 0 saturated carbocycles. The van der Waals surface area contributed by atoms with Crippen molar-refractivity contribution in [1.29, 1.82) is 0 Å². The Kier molecular flexibility index (Phi) is 32.3. The average Bonchev–Trinajstić information content (AvgIpc) is 3.06. The first-order valence-electron chi connectivity index (χ1n) is 20.1. The van der Waals surface area contributed by atoms with Crippen molar-refractivity contribution in [1.82, 2.24) is 0 Å². The lowest BCUT2D eigenvalue weighted by Gasteiger charge is -2.24. The van der Waals surface area contributed by atoms with E-state index >= 15 is 0 Å². The van der Waals surface area contributed by atoms with E-state index < -0.39 is 26.5 Å². The number of ether oxygens (including phenoxy) is 2. The first kappa shape index (κ1) is 48.5. The third kappa shape index (κ3) is 36.3. The summed E-state index contributed by atoms with van der Waals surface area (Å²) in [7, 11) is 1.46. The van der Waals surface area contributed by atoms with E-state index in [1.54, 1.807) is 0 Å². The predicted octanol–water partition coefficient (Wildman–Crippen LogP) is 10.8. The fraction of sp³-hybridized carbons (Fsp3) is 0.850. The minimum absolute atomic E-state index is 0.0286. The average molecular weight is 731 g/mol. The molecule has 9 nitrogen and oxygen atoms in total. The van der Waals surface area contributed by atoms with Gasteiger partial charge < -0.3 is 18.9 Å². The molecule has 0 amide bonds. The number of hydrogen-bond acceptors (Lipinski definition) is 7. The van der Waals surface area contributed by atoms with E-state index in [2.05, 4.69) is 38.2 Å². The van der Waals surface area contributed by atoms with Crippen molar-refractivity contribution < 1.29 is 42.1 Å². The maximum Gasteiger partial charge on any atom is 0.472 e. The summed E-state index contributed by atoms with van der Waals surface area (Å²) in [6, 6.07) is 0. The van der Waals surface area contributed by atoms with Gasteiger partial charge in [0.15, 0.2) is 6.10 Å². The van der Waals surface area contributed by atoms with Crippen molar-refractivity contribution in [2.24, 2.45) is 0 Å². The van der Waals surface area contributed by atoms with E-state index in [1.807, 2.05) is 21.1 Å². The Bertz CT molecular complexity index is 918.